The highest BCUT2D eigenvalue weighted by molar-refractivity contribution is 7.15. The molecule has 7 heteroatoms. The summed E-state index contributed by atoms with van der Waals surface area (Å²) in [6, 6.07) is 6.23. The summed E-state index contributed by atoms with van der Waals surface area (Å²) < 4.78 is 4.61. The van der Waals surface area contributed by atoms with Crippen molar-refractivity contribution in [3.05, 3.63) is 40.4 Å². The molecule has 0 aliphatic carbocycles. The monoisotopic (exact) mass is 319 g/mol. The molecule has 0 atom stereocenters. The van der Waals surface area contributed by atoms with Crippen molar-refractivity contribution in [1.82, 2.24) is 10.2 Å². The molecule has 0 aliphatic heterocycles. The highest BCUT2D eigenvalue weighted by Gasteiger charge is 2.12. The summed E-state index contributed by atoms with van der Waals surface area (Å²) in [5.74, 6) is -0.236. The van der Waals surface area contributed by atoms with Crippen molar-refractivity contribution in [2.45, 2.75) is 20.3 Å². The van der Waals surface area contributed by atoms with Crippen molar-refractivity contribution in [3.63, 3.8) is 0 Å². The molecule has 1 N–H and O–H groups in total. The van der Waals surface area contributed by atoms with E-state index in [1.54, 1.807) is 24.3 Å². The van der Waals surface area contributed by atoms with Gasteiger partial charge in [0.05, 0.1) is 12.7 Å². The molecule has 2 rings (SSSR count). The molecule has 0 bridgehead atoms. The lowest BCUT2D eigenvalue weighted by Crippen LogP contribution is -2.12. The maximum absolute atomic E-state index is 12.1. The van der Waals surface area contributed by atoms with Gasteiger partial charge in [0.1, 0.15) is 5.01 Å². The van der Waals surface area contributed by atoms with E-state index in [0.717, 1.165) is 11.4 Å². The largest absolute Gasteiger partial charge is 0.465 e. The van der Waals surface area contributed by atoms with Crippen molar-refractivity contribution < 1.29 is 14.3 Å². The predicted octanol–water partition coefficient (Wildman–Crippen LogP) is 2.78. The first-order valence-electron chi connectivity index (χ1n) is 6.81. The standard InChI is InChI=1S/C15H17N3O3S/c1-9(2)8-12-17-18-15(22-12)16-13(19)10-4-6-11(7-5-10)14(20)21-3/h4-7,9H,8H2,1-3H3,(H,16,18,19). The van der Waals surface area contributed by atoms with Gasteiger partial charge in [0, 0.05) is 12.0 Å². The van der Waals surface area contributed by atoms with Crippen LogP contribution in [0.1, 0.15) is 39.6 Å². The molecule has 116 valence electrons. The Morgan fingerprint density at radius 1 is 1.18 bits per heavy atom. The van der Waals surface area contributed by atoms with Crippen LogP contribution in [0.3, 0.4) is 0 Å². The summed E-state index contributed by atoms with van der Waals surface area (Å²) in [6.45, 7) is 4.20. The van der Waals surface area contributed by atoms with E-state index in [1.807, 2.05) is 0 Å². The van der Waals surface area contributed by atoms with Gasteiger partial charge in [-0.3, -0.25) is 10.1 Å². The maximum Gasteiger partial charge on any atom is 0.337 e. The van der Waals surface area contributed by atoms with E-state index in [4.69, 9.17) is 0 Å². The second-order valence-electron chi connectivity index (χ2n) is 5.12. The molecule has 0 saturated heterocycles. The Morgan fingerprint density at radius 2 is 1.82 bits per heavy atom. The van der Waals surface area contributed by atoms with Crippen molar-refractivity contribution in [1.29, 1.82) is 0 Å². The smallest absolute Gasteiger partial charge is 0.337 e. The Balaban J connectivity index is 2.02. The lowest BCUT2D eigenvalue weighted by atomic mass is 10.1. The number of nitrogens with one attached hydrogen (secondary N) is 1. The maximum atomic E-state index is 12.1. The molecule has 0 spiro atoms. The highest BCUT2D eigenvalue weighted by atomic mass is 32.1. The molecule has 2 aromatic rings. The van der Waals surface area contributed by atoms with E-state index in [2.05, 4.69) is 34.1 Å². The first kappa shape index (κ1) is 16.1. The Kier molecular flexibility index (Phi) is 5.21. The number of ether oxygens (including phenoxy) is 1. The average Bonchev–Trinajstić information content (AvgIpc) is 2.92. The molecule has 6 nitrogen and oxygen atoms in total. The van der Waals surface area contributed by atoms with Crippen molar-refractivity contribution in [2.24, 2.45) is 5.92 Å². The molecule has 0 unspecified atom stereocenters. The van der Waals surface area contributed by atoms with Crippen LogP contribution in [0.15, 0.2) is 24.3 Å². The molecule has 1 aromatic heterocycles. The molecule has 1 amide bonds. The summed E-state index contributed by atoms with van der Waals surface area (Å²) in [5, 5.41) is 12.1. The van der Waals surface area contributed by atoms with Gasteiger partial charge < -0.3 is 4.74 Å². The Bertz CT molecular complexity index is 665. The molecule has 1 aromatic carbocycles. The van der Waals surface area contributed by atoms with E-state index in [9.17, 15) is 9.59 Å². The van der Waals surface area contributed by atoms with Crippen molar-refractivity contribution in [3.8, 4) is 0 Å². The second-order valence-corrected chi connectivity index (χ2v) is 6.18. The first-order chi connectivity index (χ1) is 10.5. The van der Waals surface area contributed by atoms with E-state index >= 15 is 0 Å². The van der Waals surface area contributed by atoms with Crippen LogP contribution in [0.4, 0.5) is 5.13 Å². The van der Waals surface area contributed by atoms with E-state index in [1.165, 1.54) is 18.4 Å². The summed E-state index contributed by atoms with van der Waals surface area (Å²) in [4.78, 5) is 23.4. The number of methoxy groups -OCH3 is 1. The van der Waals surface area contributed by atoms with E-state index in [-0.39, 0.29) is 5.91 Å². The van der Waals surface area contributed by atoms with Gasteiger partial charge in [0.15, 0.2) is 0 Å². The van der Waals surface area contributed by atoms with Gasteiger partial charge in [-0.2, -0.15) is 0 Å². The van der Waals surface area contributed by atoms with Gasteiger partial charge in [-0.25, -0.2) is 4.79 Å². The molecule has 0 saturated carbocycles. The van der Waals surface area contributed by atoms with Crippen LogP contribution in [0.5, 0.6) is 0 Å². The molecule has 0 fully saturated rings. The third kappa shape index (κ3) is 4.11. The first-order valence-corrected chi connectivity index (χ1v) is 7.63. The number of esters is 1. The van der Waals surface area contributed by atoms with E-state index < -0.39 is 5.97 Å². The number of carbonyl (C=O) groups excluding carboxylic acids is 2. The van der Waals surface area contributed by atoms with Crippen LogP contribution in [0.2, 0.25) is 0 Å². The van der Waals surface area contributed by atoms with Crippen molar-refractivity contribution >= 4 is 28.3 Å². The minimum atomic E-state index is -0.436. The fraction of sp³-hybridized carbons (Fsp3) is 0.333. The molecule has 0 radical (unpaired) electrons. The number of carbonyl (C=O) groups is 2. The zero-order chi connectivity index (χ0) is 16.1. The minimum absolute atomic E-state index is 0.288. The van der Waals surface area contributed by atoms with Gasteiger partial charge in [-0.05, 0) is 30.2 Å². The third-order valence-corrected chi connectivity index (χ3v) is 3.70. The van der Waals surface area contributed by atoms with Gasteiger partial charge in [0.25, 0.3) is 5.91 Å². The van der Waals surface area contributed by atoms with Crippen molar-refractivity contribution in [2.75, 3.05) is 12.4 Å². The molecular formula is C15H17N3O3S. The Labute approximate surface area is 132 Å². The fourth-order valence-corrected chi connectivity index (χ4v) is 2.73. The number of hydrogen-bond acceptors (Lipinski definition) is 6. The zero-order valence-electron chi connectivity index (χ0n) is 12.6. The topological polar surface area (TPSA) is 81.2 Å². The summed E-state index contributed by atoms with van der Waals surface area (Å²) in [6.07, 6.45) is 0.835. The Morgan fingerprint density at radius 3 is 2.41 bits per heavy atom. The summed E-state index contributed by atoms with van der Waals surface area (Å²) in [5.41, 5.74) is 0.836. The summed E-state index contributed by atoms with van der Waals surface area (Å²) >= 11 is 1.37. The van der Waals surface area contributed by atoms with Gasteiger partial charge in [0.2, 0.25) is 5.13 Å². The highest BCUT2D eigenvalue weighted by Crippen LogP contribution is 2.19. The normalized spacial score (nSPS) is 10.5. The quantitative estimate of drug-likeness (QED) is 0.857. The minimum Gasteiger partial charge on any atom is -0.465 e. The number of hydrogen-bond donors (Lipinski definition) is 1. The lowest BCUT2D eigenvalue weighted by molar-refractivity contribution is 0.0600. The molecule has 0 aliphatic rings. The predicted molar refractivity (Wildman–Crippen MR) is 84.2 cm³/mol. The van der Waals surface area contributed by atoms with Crippen LogP contribution in [-0.4, -0.2) is 29.2 Å². The Hall–Kier alpha value is -2.28. The van der Waals surface area contributed by atoms with Crippen LogP contribution < -0.4 is 5.32 Å². The number of rotatable bonds is 5. The molecular weight excluding hydrogens is 302 g/mol. The number of amides is 1. The van der Waals surface area contributed by atoms with Crippen LogP contribution in [0.25, 0.3) is 0 Å². The number of benzene rings is 1. The molecule has 22 heavy (non-hydrogen) atoms. The number of aromatic nitrogens is 2. The zero-order valence-corrected chi connectivity index (χ0v) is 13.4. The number of anilines is 1. The van der Waals surface area contributed by atoms with E-state index in [0.29, 0.717) is 22.2 Å². The number of nitrogens with zero attached hydrogens (tertiary/aromatic N) is 2. The summed E-state index contributed by atoms with van der Waals surface area (Å²) in [7, 11) is 1.31. The fourth-order valence-electron chi connectivity index (χ4n) is 1.78. The molecule has 1 heterocycles. The van der Waals surface area contributed by atoms with Gasteiger partial charge in [-0.1, -0.05) is 25.2 Å². The van der Waals surface area contributed by atoms with Crippen LogP contribution in [-0.2, 0) is 11.2 Å². The second kappa shape index (κ2) is 7.13. The SMILES string of the molecule is COC(=O)c1ccc(C(=O)Nc2nnc(CC(C)C)s2)cc1. The average molecular weight is 319 g/mol. The lowest BCUT2D eigenvalue weighted by Gasteiger charge is -2.03. The van der Waals surface area contributed by atoms with Crippen LogP contribution >= 0.6 is 11.3 Å². The third-order valence-electron chi connectivity index (χ3n) is 2.84. The van der Waals surface area contributed by atoms with Gasteiger partial charge >= 0.3 is 5.97 Å². The van der Waals surface area contributed by atoms with Crippen LogP contribution in [0, 0.1) is 5.92 Å². The van der Waals surface area contributed by atoms with Gasteiger partial charge in [-0.15, -0.1) is 10.2 Å².